The summed E-state index contributed by atoms with van der Waals surface area (Å²) in [7, 11) is 1.85. The zero-order chi connectivity index (χ0) is 9.73. The average Bonchev–Trinajstić information content (AvgIpc) is 2.16. The van der Waals surface area contributed by atoms with E-state index in [0.29, 0.717) is 0 Å². The molecule has 0 spiro atoms. The second-order valence-electron chi connectivity index (χ2n) is 4.60. The lowest BCUT2D eigenvalue weighted by atomic mass is 9.87. The van der Waals surface area contributed by atoms with Crippen molar-refractivity contribution < 1.29 is 4.74 Å². The minimum atomic E-state index is 0.141. The molecular formula is C11H23NO. The van der Waals surface area contributed by atoms with E-state index in [4.69, 9.17) is 4.74 Å². The maximum absolute atomic E-state index is 5.67. The van der Waals surface area contributed by atoms with Crippen LogP contribution in [0.4, 0.5) is 0 Å². The largest absolute Gasteiger partial charge is 0.377 e. The van der Waals surface area contributed by atoms with Crippen LogP contribution in [0.5, 0.6) is 0 Å². The van der Waals surface area contributed by atoms with Gasteiger partial charge in [0.05, 0.1) is 5.60 Å². The Balaban J connectivity index is 2.38. The van der Waals surface area contributed by atoms with Gasteiger partial charge in [-0.15, -0.1) is 0 Å². The zero-order valence-electron chi connectivity index (χ0n) is 9.23. The first-order valence-electron chi connectivity index (χ1n) is 5.44. The summed E-state index contributed by atoms with van der Waals surface area (Å²) >= 11 is 0. The molecule has 0 aromatic rings. The predicted octanol–water partition coefficient (Wildman–Crippen LogP) is 2.19. The normalized spacial score (nSPS) is 29.5. The van der Waals surface area contributed by atoms with E-state index < -0.39 is 0 Å². The highest BCUT2D eigenvalue weighted by molar-refractivity contribution is 4.86. The van der Waals surface area contributed by atoms with E-state index in [1.807, 2.05) is 7.11 Å². The summed E-state index contributed by atoms with van der Waals surface area (Å²) in [5.41, 5.74) is 0.141. The lowest BCUT2D eigenvalue weighted by molar-refractivity contribution is -0.0380. The summed E-state index contributed by atoms with van der Waals surface area (Å²) in [5, 5.41) is 3.43. The third kappa shape index (κ3) is 3.28. The highest BCUT2D eigenvalue weighted by Crippen LogP contribution is 2.27. The molecule has 0 aromatic carbocycles. The summed E-state index contributed by atoms with van der Waals surface area (Å²) in [6, 6.07) is 0. The number of rotatable bonds is 4. The molecule has 1 fully saturated rings. The second-order valence-corrected chi connectivity index (χ2v) is 4.60. The zero-order valence-corrected chi connectivity index (χ0v) is 9.23. The van der Waals surface area contributed by atoms with Gasteiger partial charge in [-0.25, -0.2) is 0 Å². The number of piperidine rings is 1. The van der Waals surface area contributed by atoms with Gasteiger partial charge in [0.1, 0.15) is 0 Å². The molecule has 1 unspecified atom stereocenters. The molecule has 1 atom stereocenters. The molecule has 1 aliphatic heterocycles. The third-order valence-electron chi connectivity index (χ3n) is 3.04. The summed E-state index contributed by atoms with van der Waals surface area (Å²) in [4.78, 5) is 0. The highest BCUT2D eigenvalue weighted by Gasteiger charge is 2.31. The molecule has 0 aliphatic carbocycles. The molecule has 1 rings (SSSR count). The predicted molar refractivity (Wildman–Crippen MR) is 55.9 cm³/mol. The smallest absolute Gasteiger partial charge is 0.0803 e. The van der Waals surface area contributed by atoms with Gasteiger partial charge in [0, 0.05) is 13.7 Å². The fourth-order valence-electron chi connectivity index (χ4n) is 1.98. The van der Waals surface area contributed by atoms with Gasteiger partial charge in [0.2, 0.25) is 0 Å². The Kier molecular flexibility index (Phi) is 4.20. The molecule has 1 saturated heterocycles. The maximum Gasteiger partial charge on any atom is 0.0803 e. The molecule has 2 heteroatoms. The third-order valence-corrected chi connectivity index (χ3v) is 3.04. The lowest BCUT2D eigenvalue weighted by Crippen LogP contribution is -2.47. The van der Waals surface area contributed by atoms with E-state index in [1.165, 1.54) is 25.7 Å². The molecular weight excluding hydrogens is 162 g/mol. The van der Waals surface area contributed by atoms with Crippen molar-refractivity contribution in [3.05, 3.63) is 0 Å². The molecule has 0 radical (unpaired) electrons. The van der Waals surface area contributed by atoms with E-state index in [9.17, 15) is 0 Å². The van der Waals surface area contributed by atoms with E-state index in [2.05, 4.69) is 19.2 Å². The van der Waals surface area contributed by atoms with Crippen molar-refractivity contribution >= 4 is 0 Å². The van der Waals surface area contributed by atoms with Crippen LogP contribution in [0.25, 0.3) is 0 Å². The fourth-order valence-corrected chi connectivity index (χ4v) is 1.98. The Hall–Kier alpha value is -0.0800. The van der Waals surface area contributed by atoms with Gasteiger partial charge in [0.25, 0.3) is 0 Å². The topological polar surface area (TPSA) is 21.3 Å². The first-order chi connectivity index (χ1) is 6.18. The number of nitrogens with one attached hydrogen (secondary N) is 1. The summed E-state index contributed by atoms with van der Waals surface area (Å²) < 4.78 is 5.67. The van der Waals surface area contributed by atoms with Crippen molar-refractivity contribution in [1.82, 2.24) is 5.32 Å². The molecule has 0 saturated carbocycles. The van der Waals surface area contributed by atoms with Crippen LogP contribution in [0.15, 0.2) is 0 Å². The van der Waals surface area contributed by atoms with Gasteiger partial charge in [-0.05, 0) is 38.1 Å². The van der Waals surface area contributed by atoms with Crippen LogP contribution in [-0.2, 0) is 4.74 Å². The summed E-state index contributed by atoms with van der Waals surface area (Å²) in [6.45, 7) is 6.75. The van der Waals surface area contributed by atoms with Crippen LogP contribution in [0.2, 0.25) is 0 Å². The molecule has 1 heterocycles. The average molecular weight is 185 g/mol. The van der Waals surface area contributed by atoms with E-state index in [0.717, 1.165) is 19.0 Å². The van der Waals surface area contributed by atoms with E-state index >= 15 is 0 Å². The Bertz CT molecular complexity index is 139. The Labute approximate surface area is 82.0 Å². The van der Waals surface area contributed by atoms with Crippen LogP contribution in [0.1, 0.15) is 39.5 Å². The maximum atomic E-state index is 5.67. The molecule has 1 N–H and O–H groups in total. The van der Waals surface area contributed by atoms with Crippen LogP contribution < -0.4 is 5.32 Å². The summed E-state index contributed by atoms with van der Waals surface area (Å²) in [5.74, 6) is 0.786. The standard InChI is InChI=1S/C11H23NO/c1-10(2)5-7-11(13-3)6-4-8-12-9-11/h10,12H,4-9H2,1-3H3. The van der Waals surface area contributed by atoms with Crippen LogP contribution in [-0.4, -0.2) is 25.8 Å². The Morgan fingerprint density at radius 1 is 1.46 bits per heavy atom. The van der Waals surface area contributed by atoms with Crippen molar-refractivity contribution in [3.8, 4) is 0 Å². The SMILES string of the molecule is COC1(CCC(C)C)CCCNC1. The number of methoxy groups -OCH3 is 1. The minimum Gasteiger partial charge on any atom is -0.377 e. The lowest BCUT2D eigenvalue weighted by Gasteiger charge is -2.37. The van der Waals surface area contributed by atoms with E-state index in [-0.39, 0.29) is 5.60 Å². The van der Waals surface area contributed by atoms with E-state index in [1.54, 1.807) is 0 Å². The molecule has 0 aromatic heterocycles. The van der Waals surface area contributed by atoms with Crippen LogP contribution >= 0.6 is 0 Å². The van der Waals surface area contributed by atoms with Crippen molar-refractivity contribution in [2.75, 3.05) is 20.2 Å². The molecule has 78 valence electrons. The first kappa shape index (κ1) is 11.0. The molecule has 0 bridgehead atoms. The van der Waals surface area contributed by atoms with Crippen molar-refractivity contribution in [2.45, 2.75) is 45.1 Å². The number of ether oxygens (including phenoxy) is 1. The van der Waals surface area contributed by atoms with Gasteiger partial charge in [0.15, 0.2) is 0 Å². The Morgan fingerprint density at radius 3 is 2.69 bits per heavy atom. The van der Waals surface area contributed by atoms with Gasteiger partial charge in [-0.1, -0.05) is 13.8 Å². The minimum absolute atomic E-state index is 0.141. The number of hydrogen-bond donors (Lipinski definition) is 1. The van der Waals surface area contributed by atoms with Crippen LogP contribution in [0.3, 0.4) is 0 Å². The van der Waals surface area contributed by atoms with Gasteiger partial charge in [-0.2, -0.15) is 0 Å². The quantitative estimate of drug-likeness (QED) is 0.725. The molecule has 13 heavy (non-hydrogen) atoms. The fraction of sp³-hybridized carbons (Fsp3) is 1.00. The van der Waals surface area contributed by atoms with Gasteiger partial charge in [-0.3, -0.25) is 0 Å². The first-order valence-corrected chi connectivity index (χ1v) is 5.44. The van der Waals surface area contributed by atoms with Gasteiger partial charge < -0.3 is 10.1 Å². The van der Waals surface area contributed by atoms with Crippen molar-refractivity contribution in [1.29, 1.82) is 0 Å². The second kappa shape index (κ2) is 4.97. The molecule has 1 aliphatic rings. The summed E-state index contributed by atoms with van der Waals surface area (Å²) in [6.07, 6.45) is 4.96. The Morgan fingerprint density at radius 2 is 2.23 bits per heavy atom. The molecule has 0 amide bonds. The highest BCUT2D eigenvalue weighted by atomic mass is 16.5. The van der Waals surface area contributed by atoms with Crippen LogP contribution in [0, 0.1) is 5.92 Å². The van der Waals surface area contributed by atoms with Crippen molar-refractivity contribution in [2.24, 2.45) is 5.92 Å². The number of hydrogen-bond acceptors (Lipinski definition) is 2. The van der Waals surface area contributed by atoms with Gasteiger partial charge >= 0.3 is 0 Å². The van der Waals surface area contributed by atoms with Crippen molar-refractivity contribution in [3.63, 3.8) is 0 Å². The monoisotopic (exact) mass is 185 g/mol. The molecule has 2 nitrogen and oxygen atoms in total.